The Hall–Kier alpha value is -1.37. The van der Waals surface area contributed by atoms with E-state index in [-0.39, 0.29) is 24.5 Å². The van der Waals surface area contributed by atoms with Crippen LogP contribution in [0.25, 0.3) is 11.1 Å². The van der Waals surface area contributed by atoms with Gasteiger partial charge in [0.1, 0.15) is 11.4 Å². The summed E-state index contributed by atoms with van der Waals surface area (Å²) in [7, 11) is 0. The maximum absolute atomic E-state index is 13.8. The molecule has 1 aliphatic heterocycles. The van der Waals surface area contributed by atoms with Crippen molar-refractivity contribution in [1.29, 1.82) is 0 Å². The zero-order valence-electron chi connectivity index (χ0n) is 15.4. The van der Waals surface area contributed by atoms with Crippen LogP contribution in [0.4, 0.5) is 8.78 Å². The number of alkyl halides is 2. The molecule has 1 aliphatic rings. The highest BCUT2D eigenvalue weighted by atomic mass is 32.2. The summed E-state index contributed by atoms with van der Waals surface area (Å²) in [6, 6.07) is 7.24. The molecule has 2 atom stereocenters. The van der Waals surface area contributed by atoms with E-state index >= 15 is 0 Å². The van der Waals surface area contributed by atoms with E-state index in [9.17, 15) is 19.0 Å². The van der Waals surface area contributed by atoms with E-state index in [1.165, 1.54) is 0 Å². The van der Waals surface area contributed by atoms with Gasteiger partial charge in [-0.05, 0) is 69.7 Å². The molecule has 1 aromatic heterocycles. The number of aromatic hydroxyl groups is 1. The van der Waals surface area contributed by atoms with Crippen LogP contribution in [0.3, 0.4) is 0 Å². The molecule has 0 spiro atoms. The largest absolute Gasteiger partial charge is 0.508 e. The summed E-state index contributed by atoms with van der Waals surface area (Å²) in [5, 5.41) is 27.1. The summed E-state index contributed by atoms with van der Waals surface area (Å²) < 4.78 is 27.7. The number of phenols is 1. The van der Waals surface area contributed by atoms with Crippen LogP contribution in [-0.2, 0) is 5.41 Å². The first-order valence-corrected chi connectivity index (χ1v) is 10.9. The van der Waals surface area contributed by atoms with Crippen LogP contribution >= 0.6 is 23.1 Å². The van der Waals surface area contributed by atoms with Gasteiger partial charge in [0, 0.05) is 11.3 Å². The van der Waals surface area contributed by atoms with Gasteiger partial charge in [-0.3, -0.25) is 0 Å². The lowest BCUT2D eigenvalue weighted by molar-refractivity contribution is -0.119. The molecule has 0 saturated heterocycles. The summed E-state index contributed by atoms with van der Waals surface area (Å²) in [5.74, 6) is 0.719. The molecule has 2 aromatic rings. The van der Waals surface area contributed by atoms with Gasteiger partial charge in [-0.15, -0.1) is 11.8 Å². The fourth-order valence-corrected chi connectivity index (χ4v) is 5.35. The van der Waals surface area contributed by atoms with Crippen molar-refractivity contribution in [2.24, 2.45) is 5.92 Å². The molecule has 27 heavy (non-hydrogen) atoms. The van der Waals surface area contributed by atoms with Gasteiger partial charge in [0.2, 0.25) is 0 Å². The Bertz CT molecular complexity index is 803. The van der Waals surface area contributed by atoms with Gasteiger partial charge in [0.15, 0.2) is 0 Å². The molecular formula is C21H24F2O2S2. The molecule has 2 N–H and O–H groups in total. The standard InChI is InChI=1S/C21H24F2O2S2/c1-20(2,13-21(25,19(22)23)10-14-5-7-26-11-14)17-9-15(3-4-18(17)24)16-6-8-27-12-16/h3-9,12,14,19,24-25H,10-11,13H2,1-2H3. The minimum absolute atomic E-state index is 0.0164. The Labute approximate surface area is 166 Å². The Balaban J connectivity index is 1.90. The fourth-order valence-electron chi connectivity index (χ4n) is 3.77. The minimum atomic E-state index is -2.85. The van der Waals surface area contributed by atoms with Gasteiger partial charge in [0.25, 0.3) is 6.43 Å². The molecule has 0 aliphatic carbocycles. The van der Waals surface area contributed by atoms with Crippen molar-refractivity contribution < 1.29 is 19.0 Å². The third kappa shape index (κ3) is 4.55. The maximum Gasteiger partial charge on any atom is 0.266 e. The topological polar surface area (TPSA) is 40.5 Å². The van der Waals surface area contributed by atoms with E-state index in [1.54, 1.807) is 43.0 Å². The van der Waals surface area contributed by atoms with Crippen molar-refractivity contribution >= 4 is 23.1 Å². The van der Waals surface area contributed by atoms with E-state index < -0.39 is 17.4 Å². The number of thioether (sulfide) groups is 1. The van der Waals surface area contributed by atoms with Crippen LogP contribution in [0.2, 0.25) is 0 Å². The third-order valence-corrected chi connectivity index (χ3v) is 6.76. The number of allylic oxidation sites excluding steroid dienone is 1. The lowest BCUT2D eigenvalue weighted by Crippen LogP contribution is -2.44. The van der Waals surface area contributed by atoms with Gasteiger partial charge in [-0.2, -0.15) is 11.3 Å². The van der Waals surface area contributed by atoms with Crippen LogP contribution in [0.5, 0.6) is 5.75 Å². The number of phenolic OH excluding ortho intramolecular Hbond substituents is 1. The average Bonchev–Trinajstić information content (AvgIpc) is 3.28. The molecule has 0 bridgehead atoms. The fraction of sp³-hybridized carbons (Fsp3) is 0.429. The normalized spacial score (nSPS) is 19.6. The second kappa shape index (κ2) is 7.94. The van der Waals surface area contributed by atoms with Crippen LogP contribution in [-0.4, -0.2) is 28.0 Å². The molecule has 0 saturated carbocycles. The number of rotatable bonds is 7. The maximum atomic E-state index is 13.8. The van der Waals surface area contributed by atoms with Crippen LogP contribution in [0.1, 0.15) is 32.3 Å². The highest BCUT2D eigenvalue weighted by Crippen LogP contribution is 2.43. The smallest absolute Gasteiger partial charge is 0.266 e. The third-order valence-electron chi connectivity index (χ3n) is 5.11. The molecular weight excluding hydrogens is 386 g/mol. The van der Waals surface area contributed by atoms with E-state index in [0.29, 0.717) is 11.3 Å². The van der Waals surface area contributed by atoms with Crippen molar-refractivity contribution in [3.05, 3.63) is 52.1 Å². The van der Waals surface area contributed by atoms with E-state index in [0.717, 1.165) is 11.1 Å². The highest BCUT2D eigenvalue weighted by Gasteiger charge is 2.45. The van der Waals surface area contributed by atoms with Gasteiger partial charge in [-0.25, -0.2) is 8.78 Å². The van der Waals surface area contributed by atoms with Crippen LogP contribution in [0, 0.1) is 5.92 Å². The van der Waals surface area contributed by atoms with Gasteiger partial charge in [-0.1, -0.05) is 26.0 Å². The molecule has 6 heteroatoms. The summed E-state index contributed by atoms with van der Waals surface area (Å²) in [6.07, 6.45) is -1.08. The number of halogens is 2. The molecule has 0 radical (unpaired) electrons. The van der Waals surface area contributed by atoms with Crippen molar-refractivity contribution in [3.8, 4) is 16.9 Å². The first kappa shape index (κ1) is 20.4. The summed E-state index contributed by atoms with van der Waals surface area (Å²) in [5.41, 5.74) is -0.408. The zero-order valence-corrected chi connectivity index (χ0v) is 17.0. The van der Waals surface area contributed by atoms with Crippen molar-refractivity contribution in [1.82, 2.24) is 0 Å². The molecule has 1 aromatic carbocycles. The Kier molecular flexibility index (Phi) is 5.99. The van der Waals surface area contributed by atoms with Crippen molar-refractivity contribution in [2.45, 2.75) is 44.1 Å². The number of hydrogen-bond acceptors (Lipinski definition) is 4. The molecule has 2 unspecified atom stereocenters. The zero-order chi connectivity index (χ0) is 19.7. The number of thiophene rings is 1. The van der Waals surface area contributed by atoms with Crippen LogP contribution in [0.15, 0.2) is 46.5 Å². The monoisotopic (exact) mass is 410 g/mol. The molecule has 3 rings (SSSR count). The number of hydrogen-bond donors (Lipinski definition) is 2. The van der Waals surface area contributed by atoms with Gasteiger partial charge in [0.05, 0.1) is 0 Å². The quantitative estimate of drug-likeness (QED) is 0.584. The SMILES string of the molecule is CC(C)(CC(O)(CC1C=CSC1)C(F)F)c1cc(-c2ccsc2)ccc1O. The highest BCUT2D eigenvalue weighted by molar-refractivity contribution is 8.02. The predicted octanol–water partition coefficient (Wildman–Crippen LogP) is 6.05. The molecule has 2 nitrogen and oxygen atoms in total. The molecule has 0 fully saturated rings. The lowest BCUT2D eigenvalue weighted by Gasteiger charge is -2.37. The van der Waals surface area contributed by atoms with Crippen LogP contribution < -0.4 is 0 Å². The van der Waals surface area contributed by atoms with Gasteiger partial charge < -0.3 is 10.2 Å². The average molecular weight is 411 g/mol. The summed E-state index contributed by atoms with van der Waals surface area (Å²) in [4.78, 5) is 0. The van der Waals surface area contributed by atoms with Gasteiger partial charge >= 0.3 is 0 Å². The molecule has 0 amide bonds. The Morgan fingerprint density at radius 3 is 2.59 bits per heavy atom. The summed E-state index contributed by atoms with van der Waals surface area (Å²) in [6.45, 7) is 3.60. The Morgan fingerprint density at radius 2 is 2.00 bits per heavy atom. The molecule has 2 heterocycles. The number of benzene rings is 1. The van der Waals surface area contributed by atoms with E-state index in [1.807, 2.05) is 40.4 Å². The van der Waals surface area contributed by atoms with Crippen molar-refractivity contribution in [3.63, 3.8) is 0 Å². The van der Waals surface area contributed by atoms with Crippen molar-refractivity contribution in [2.75, 3.05) is 5.75 Å². The first-order valence-electron chi connectivity index (χ1n) is 8.86. The Morgan fingerprint density at radius 1 is 1.22 bits per heavy atom. The number of aliphatic hydroxyl groups is 1. The van der Waals surface area contributed by atoms with E-state index in [4.69, 9.17) is 0 Å². The molecule has 146 valence electrons. The minimum Gasteiger partial charge on any atom is -0.508 e. The second-order valence-electron chi connectivity index (χ2n) is 7.83. The van der Waals surface area contributed by atoms with E-state index in [2.05, 4.69) is 0 Å². The second-order valence-corrected chi connectivity index (χ2v) is 9.55. The summed E-state index contributed by atoms with van der Waals surface area (Å²) >= 11 is 3.15. The predicted molar refractivity (Wildman–Crippen MR) is 110 cm³/mol. The lowest BCUT2D eigenvalue weighted by atomic mass is 9.72. The first-order chi connectivity index (χ1) is 12.7.